The molecule has 1 aromatic carbocycles. The fraction of sp³-hybridized carbons (Fsp3) is 0.0909. The van der Waals surface area contributed by atoms with Gasteiger partial charge in [-0.05, 0) is 18.2 Å². The zero-order chi connectivity index (χ0) is 9.80. The van der Waals surface area contributed by atoms with Crippen molar-refractivity contribution in [3.05, 3.63) is 48.3 Å². The highest BCUT2D eigenvalue weighted by Crippen LogP contribution is 2.06. The van der Waals surface area contributed by atoms with E-state index in [1.807, 2.05) is 42.6 Å². The highest BCUT2D eigenvalue weighted by Gasteiger charge is 1.98. The van der Waals surface area contributed by atoms with Gasteiger partial charge in [0.2, 0.25) is 0 Å². The minimum atomic E-state index is 0.375. The summed E-state index contributed by atoms with van der Waals surface area (Å²) in [6.07, 6.45) is 3.09. The highest BCUT2D eigenvalue weighted by atomic mass is 16.1. The molecule has 3 heteroatoms. The maximum atomic E-state index is 10.3. The summed E-state index contributed by atoms with van der Waals surface area (Å²) in [6, 6.07) is 11.7. The Bertz CT molecular complexity index is 420. The Labute approximate surface area is 82.0 Å². The van der Waals surface area contributed by atoms with E-state index in [0.29, 0.717) is 6.42 Å². The van der Waals surface area contributed by atoms with Gasteiger partial charge in [-0.3, -0.25) is 0 Å². The molecule has 0 unspecified atom stereocenters. The molecule has 0 aliphatic rings. The normalized spacial score (nSPS) is 10.0. The molecule has 0 atom stereocenters. The molecule has 0 bridgehead atoms. The molecule has 0 N–H and O–H groups in total. The van der Waals surface area contributed by atoms with E-state index in [-0.39, 0.29) is 0 Å². The third-order valence-electron chi connectivity index (χ3n) is 1.96. The van der Waals surface area contributed by atoms with Crippen molar-refractivity contribution in [2.45, 2.75) is 6.42 Å². The molecule has 1 aromatic heterocycles. The summed E-state index contributed by atoms with van der Waals surface area (Å²) < 4.78 is 1.76. The second-order valence-corrected chi connectivity index (χ2v) is 2.96. The molecule has 3 nitrogen and oxygen atoms in total. The summed E-state index contributed by atoms with van der Waals surface area (Å²) in [6.45, 7) is 0. The van der Waals surface area contributed by atoms with Crippen molar-refractivity contribution in [1.82, 2.24) is 9.78 Å². The SMILES string of the molecule is O=CCc1ccn(-c2ccccc2)n1. The largest absolute Gasteiger partial charge is 0.303 e. The number of hydrogen-bond donors (Lipinski definition) is 0. The van der Waals surface area contributed by atoms with Crippen LogP contribution in [0.25, 0.3) is 5.69 Å². The molecule has 0 radical (unpaired) electrons. The number of hydrogen-bond acceptors (Lipinski definition) is 2. The van der Waals surface area contributed by atoms with Crippen molar-refractivity contribution >= 4 is 6.29 Å². The van der Waals surface area contributed by atoms with Crippen LogP contribution in [0.15, 0.2) is 42.6 Å². The van der Waals surface area contributed by atoms with Gasteiger partial charge in [-0.1, -0.05) is 18.2 Å². The van der Waals surface area contributed by atoms with Gasteiger partial charge < -0.3 is 4.79 Å². The van der Waals surface area contributed by atoms with Gasteiger partial charge in [-0.25, -0.2) is 4.68 Å². The molecule has 2 rings (SSSR count). The number of para-hydroxylation sites is 1. The lowest BCUT2D eigenvalue weighted by Crippen LogP contribution is -1.95. The second-order valence-electron chi connectivity index (χ2n) is 2.96. The number of aromatic nitrogens is 2. The number of carbonyl (C=O) groups is 1. The first-order valence-electron chi connectivity index (χ1n) is 4.44. The van der Waals surface area contributed by atoms with Crippen LogP contribution in [0.2, 0.25) is 0 Å². The Morgan fingerprint density at radius 2 is 2.00 bits per heavy atom. The number of nitrogens with zero attached hydrogens (tertiary/aromatic N) is 2. The summed E-state index contributed by atoms with van der Waals surface area (Å²) in [7, 11) is 0. The Kier molecular flexibility index (Phi) is 2.40. The van der Waals surface area contributed by atoms with Gasteiger partial charge >= 0.3 is 0 Å². The molecular weight excluding hydrogens is 176 g/mol. The Hall–Kier alpha value is -1.90. The molecule has 70 valence electrons. The maximum absolute atomic E-state index is 10.3. The summed E-state index contributed by atoms with van der Waals surface area (Å²) in [5.74, 6) is 0. The molecule has 14 heavy (non-hydrogen) atoms. The summed E-state index contributed by atoms with van der Waals surface area (Å²) >= 11 is 0. The first-order chi connectivity index (χ1) is 6.90. The average molecular weight is 186 g/mol. The van der Waals surface area contributed by atoms with Crippen LogP contribution in [0, 0.1) is 0 Å². The number of rotatable bonds is 3. The van der Waals surface area contributed by atoms with Gasteiger partial charge in [0, 0.05) is 12.6 Å². The average Bonchev–Trinajstić information content (AvgIpc) is 2.68. The van der Waals surface area contributed by atoms with E-state index in [1.54, 1.807) is 4.68 Å². The van der Waals surface area contributed by atoms with Crippen molar-refractivity contribution in [2.24, 2.45) is 0 Å². The Balaban J connectivity index is 2.29. The molecule has 0 fully saturated rings. The van der Waals surface area contributed by atoms with Crippen molar-refractivity contribution in [3.63, 3.8) is 0 Å². The fourth-order valence-electron chi connectivity index (χ4n) is 1.28. The minimum absolute atomic E-state index is 0.375. The summed E-state index contributed by atoms with van der Waals surface area (Å²) in [5, 5.41) is 4.26. The van der Waals surface area contributed by atoms with Crippen molar-refractivity contribution in [1.29, 1.82) is 0 Å². The molecule has 0 spiro atoms. The van der Waals surface area contributed by atoms with Crippen molar-refractivity contribution in [2.75, 3.05) is 0 Å². The van der Waals surface area contributed by atoms with Gasteiger partial charge in [-0.2, -0.15) is 5.10 Å². The summed E-state index contributed by atoms with van der Waals surface area (Å²) in [4.78, 5) is 10.3. The summed E-state index contributed by atoms with van der Waals surface area (Å²) in [5.41, 5.74) is 1.80. The Morgan fingerprint density at radius 1 is 1.21 bits per heavy atom. The molecular formula is C11H10N2O. The number of benzene rings is 1. The van der Waals surface area contributed by atoms with Gasteiger partial charge in [0.25, 0.3) is 0 Å². The zero-order valence-electron chi connectivity index (χ0n) is 7.63. The van der Waals surface area contributed by atoms with Gasteiger partial charge in [0.1, 0.15) is 6.29 Å². The topological polar surface area (TPSA) is 34.9 Å². The lowest BCUT2D eigenvalue weighted by atomic mass is 10.3. The standard InChI is InChI=1S/C11H10N2O/c14-9-7-10-6-8-13(12-10)11-4-2-1-3-5-11/h1-6,8-9H,7H2. The maximum Gasteiger partial charge on any atom is 0.126 e. The van der Waals surface area contributed by atoms with Crippen LogP contribution < -0.4 is 0 Å². The first kappa shape index (κ1) is 8.69. The third-order valence-corrected chi connectivity index (χ3v) is 1.96. The first-order valence-corrected chi connectivity index (χ1v) is 4.44. The third kappa shape index (κ3) is 1.71. The van der Waals surface area contributed by atoms with Gasteiger partial charge in [0.15, 0.2) is 0 Å². The van der Waals surface area contributed by atoms with Crippen LogP contribution in [0.5, 0.6) is 0 Å². The molecule has 2 aromatic rings. The van der Waals surface area contributed by atoms with Gasteiger partial charge in [0.05, 0.1) is 11.4 Å². The second kappa shape index (κ2) is 3.87. The molecule has 0 aliphatic heterocycles. The molecule has 0 saturated carbocycles. The smallest absolute Gasteiger partial charge is 0.126 e. The molecule has 0 saturated heterocycles. The number of aldehydes is 1. The van der Waals surface area contributed by atoms with Crippen LogP contribution in [0.1, 0.15) is 5.69 Å². The number of carbonyl (C=O) groups excluding carboxylic acids is 1. The van der Waals surface area contributed by atoms with E-state index >= 15 is 0 Å². The minimum Gasteiger partial charge on any atom is -0.303 e. The predicted octanol–water partition coefficient (Wildman–Crippen LogP) is 1.61. The van der Waals surface area contributed by atoms with E-state index in [1.165, 1.54) is 0 Å². The lowest BCUT2D eigenvalue weighted by Gasteiger charge is -1.98. The molecule has 0 amide bonds. The van der Waals surface area contributed by atoms with Gasteiger partial charge in [-0.15, -0.1) is 0 Å². The van der Waals surface area contributed by atoms with E-state index in [4.69, 9.17) is 0 Å². The molecule has 0 aliphatic carbocycles. The van der Waals surface area contributed by atoms with Crippen molar-refractivity contribution < 1.29 is 4.79 Å². The Morgan fingerprint density at radius 3 is 2.71 bits per heavy atom. The van der Waals surface area contributed by atoms with Crippen LogP contribution in [-0.2, 0) is 11.2 Å². The van der Waals surface area contributed by atoms with Crippen molar-refractivity contribution in [3.8, 4) is 5.69 Å². The van der Waals surface area contributed by atoms with Crippen LogP contribution in [0.3, 0.4) is 0 Å². The zero-order valence-corrected chi connectivity index (χ0v) is 7.63. The highest BCUT2D eigenvalue weighted by molar-refractivity contribution is 5.53. The fourth-order valence-corrected chi connectivity index (χ4v) is 1.28. The van der Waals surface area contributed by atoms with Crippen LogP contribution in [0.4, 0.5) is 0 Å². The predicted molar refractivity (Wildman–Crippen MR) is 53.3 cm³/mol. The lowest BCUT2D eigenvalue weighted by molar-refractivity contribution is -0.107. The molecule has 1 heterocycles. The van der Waals surface area contributed by atoms with E-state index < -0.39 is 0 Å². The van der Waals surface area contributed by atoms with E-state index in [2.05, 4.69) is 5.10 Å². The monoisotopic (exact) mass is 186 g/mol. The van der Waals surface area contributed by atoms with E-state index in [0.717, 1.165) is 17.7 Å². The van der Waals surface area contributed by atoms with Crippen LogP contribution in [-0.4, -0.2) is 16.1 Å². The quantitative estimate of drug-likeness (QED) is 0.682. The van der Waals surface area contributed by atoms with E-state index in [9.17, 15) is 4.79 Å². The van der Waals surface area contributed by atoms with Crippen LogP contribution >= 0.6 is 0 Å².